The van der Waals surface area contributed by atoms with Crippen LogP contribution in [-0.4, -0.2) is 21.8 Å². The van der Waals surface area contributed by atoms with Crippen LogP contribution in [0.4, 0.5) is 24.7 Å². The van der Waals surface area contributed by atoms with E-state index in [4.69, 9.17) is 4.74 Å². The number of anilines is 2. The first-order valence-corrected chi connectivity index (χ1v) is 9.44. The maximum Gasteiger partial charge on any atom is 0.416 e. The molecule has 1 heterocycles. The quantitative estimate of drug-likeness (QED) is 0.573. The fourth-order valence-electron chi connectivity index (χ4n) is 2.80. The van der Waals surface area contributed by atoms with Gasteiger partial charge in [0.1, 0.15) is 17.9 Å². The highest BCUT2D eigenvalue weighted by Gasteiger charge is 2.29. The Hall–Kier alpha value is -3.95. The topological polar surface area (TPSA) is 93.2 Å². The van der Waals surface area contributed by atoms with Gasteiger partial charge in [0.05, 0.1) is 12.0 Å². The molecule has 1 aromatic heterocycles. The lowest BCUT2D eigenvalue weighted by Crippen LogP contribution is -2.15. The number of rotatable bonds is 6. The Morgan fingerprint density at radius 2 is 1.72 bits per heavy atom. The van der Waals surface area contributed by atoms with Gasteiger partial charge in [-0.3, -0.25) is 9.59 Å². The molecule has 0 spiro atoms. The van der Waals surface area contributed by atoms with Crippen molar-refractivity contribution < 1.29 is 27.5 Å². The van der Waals surface area contributed by atoms with Gasteiger partial charge >= 0.3 is 6.18 Å². The van der Waals surface area contributed by atoms with Gasteiger partial charge in [-0.25, -0.2) is 9.97 Å². The molecular weight excluding hydrogens is 425 g/mol. The Balaban J connectivity index is 1.62. The Bertz CT molecular complexity index is 1130. The summed E-state index contributed by atoms with van der Waals surface area (Å²) in [5.41, 5.74) is 0.947. The number of ether oxygens (including phenoxy) is 1. The molecule has 0 aliphatic rings. The Kier molecular flexibility index (Phi) is 6.72. The molecule has 0 aliphatic carbocycles. The van der Waals surface area contributed by atoms with Crippen molar-refractivity contribution in [3.05, 3.63) is 71.5 Å². The smallest absolute Gasteiger partial charge is 0.416 e. The normalized spacial score (nSPS) is 11.0. The highest BCUT2D eigenvalue weighted by atomic mass is 19.4. The van der Waals surface area contributed by atoms with Crippen molar-refractivity contribution in [2.75, 3.05) is 10.6 Å². The summed E-state index contributed by atoms with van der Waals surface area (Å²) in [4.78, 5) is 31.3. The highest BCUT2D eigenvalue weighted by molar-refractivity contribution is 5.93. The van der Waals surface area contributed by atoms with Crippen LogP contribution in [-0.2, 0) is 22.2 Å². The van der Waals surface area contributed by atoms with Crippen molar-refractivity contribution in [3.63, 3.8) is 0 Å². The standard InChI is InChI=1S/C22H19F3N4O3/c1-13-9-17(32-21-11-19(26-12-27-21)28-14(2)30)7-8-18(13)29-20(31)10-15-3-5-16(6-4-15)22(23,24)25/h3-9,11-12H,10H2,1-2H3,(H,29,31)(H,26,27,28,30). The van der Waals surface area contributed by atoms with Gasteiger partial charge in [-0.15, -0.1) is 0 Å². The second-order valence-corrected chi connectivity index (χ2v) is 6.92. The molecule has 0 aliphatic heterocycles. The van der Waals surface area contributed by atoms with Crippen LogP contribution in [0, 0.1) is 6.92 Å². The molecule has 7 nitrogen and oxygen atoms in total. The molecule has 2 N–H and O–H groups in total. The fourth-order valence-corrected chi connectivity index (χ4v) is 2.80. The van der Waals surface area contributed by atoms with Gasteiger partial charge in [0.15, 0.2) is 0 Å². The van der Waals surface area contributed by atoms with Gasteiger partial charge in [-0.05, 0) is 48.4 Å². The van der Waals surface area contributed by atoms with E-state index < -0.39 is 11.7 Å². The number of aromatic nitrogens is 2. The third-order valence-electron chi connectivity index (χ3n) is 4.29. The largest absolute Gasteiger partial charge is 0.439 e. The molecule has 0 radical (unpaired) electrons. The SMILES string of the molecule is CC(=O)Nc1cc(Oc2ccc(NC(=O)Cc3ccc(C(F)(F)F)cc3)c(C)c2)ncn1. The van der Waals surface area contributed by atoms with Crippen molar-refractivity contribution in [1.29, 1.82) is 0 Å². The Labute approximate surface area is 181 Å². The van der Waals surface area contributed by atoms with Crippen molar-refractivity contribution >= 4 is 23.3 Å². The van der Waals surface area contributed by atoms with E-state index in [2.05, 4.69) is 20.6 Å². The second-order valence-electron chi connectivity index (χ2n) is 6.92. The van der Waals surface area contributed by atoms with E-state index >= 15 is 0 Å². The average Bonchev–Trinajstić information content (AvgIpc) is 2.69. The summed E-state index contributed by atoms with van der Waals surface area (Å²) in [5.74, 6) is 0.337. The molecular formula is C22H19F3N4O3. The van der Waals surface area contributed by atoms with Crippen LogP contribution in [0.15, 0.2) is 54.9 Å². The van der Waals surface area contributed by atoms with Gasteiger partial charge in [-0.1, -0.05) is 12.1 Å². The minimum absolute atomic E-state index is 0.0668. The molecule has 166 valence electrons. The van der Waals surface area contributed by atoms with E-state index in [0.717, 1.165) is 12.1 Å². The molecule has 0 unspecified atom stereocenters. The van der Waals surface area contributed by atoms with Crippen LogP contribution in [0.2, 0.25) is 0 Å². The zero-order chi connectivity index (χ0) is 23.3. The van der Waals surface area contributed by atoms with Gasteiger partial charge in [0.25, 0.3) is 0 Å². The van der Waals surface area contributed by atoms with Crippen LogP contribution in [0.3, 0.4) is 0 Å². The Morgan fingerprint density at radius 3 is 2.34 bits per heavy atom. The number of nitrogens with zero attached hydrogens (tertiary/aromatic N) is 2. The summed E-state index contributed by atoms with van der Waals surface area (Å²) in [6.45, 7) is 3.12. The van der Waals surface area contributed by atoms with Gasteiger partial charge < -0.3 is 15.4 Å². The van der Waals surface area contributed by atoms with Crippen LogP contribution in [0.25, 0.3) is 0 Å². The highest BCUT2D eigenvalue weighted by Crippen LogP contribution is 2.29. The van der Waals surface area contributed by atoms with Crippen molar-refractivity contribution in [1.82, 2.24) is 9.97 Å². The molecule has 0 saturated heterocycles. The predicted molar refractivity (Wildman–Crippen MR) is 111 cm³/mol. The minimum Gasteiger partial charge on any atom is -0.439 e. The summed E-state index contributed by atoms with van der Waals surface area (Å²) in [6, 6.07) is 10.9. The van der Waals surface area contributed by atoms with Crippen LogP contribution < -0.4 is 15.4 Å². The molecule has 3 aromatic rings. The minimum atomic E-state index is -4.42. The first-order valence-electron chi connectivity index (χ1n) is 9.44. The molecule has 2 aromatic carbocycles. The number of aryl methyl sites for hydroxylation is 1. The molecule has 0 atom stereocenters. The van der Waals surface area contributed by atoms with Gasteiger partial charge in [0.2, 0.25) is 17.7 Å². The van der Waals surface area contributed by atoms with E-state index in [1.807, 2.05) is 0 Å². The van der Waals surface area contributed by atoms with Gasteiger partial charge in [0, 0.05) is 18.7 Å². The Morgan fingerprint density at radius 1 is 1.00 bits per heavy atom. The molecule has 3 rings (SSSR count). The molecule has 10 heteroatoms. The maximum absolute atomic E-state index is 12.6. The number of carbonyl (C=O) groups is 2. The van der Waals surface area contributed by atoms with E-state index in [-0.39, 0.29) is 24.1 Å². The lowest BCUT2D eigenvalue weighted by atomic mass is 10.1. The molecule has 32 heavy (non-hydrogen) atoms. The zero-order valence-corrected chi connectivity index (χ0v) is 17.2. The number of halogens is 3. The number of amides is 2. The fraction of sp³-hybridized carbons (Fsp3) is 0.182. The van der Waals surface area contributed by atoms with E-state index in [1.54, 1.807) is 25.1 Å². The molecule has 0 saturated carbocycles. The van der Waals surface area contributed by atoms with E-state index in [9.17, 15) is 22.8 Å². The first kappa shape index (κ1) is 22.7. The summed E-state index contributed by atoms with van der Waals surface area (Å²) < 4.78 is 43.6. The van der Waals surface area contributed by atoms with Crippen molar-refractivity contribution in [2.45, 2.75) is 26.4 Å². The van der Waals surface area contributed by atoms with Crippen molar-refractivity contribution in [2.24, 2.45) is 0 Å². The third kappa shape index (κ3) is 6.27. The number of hydrogen-bond acceptors (Lipinski definition) is 5. The zero-order valence-electron chi connectivity index (χ0n) is 17.2. The lowest BCUT2D eigenvalue weighted by Gasteiger charge is -2.12. The van der Waals surface area contributed by atoms with Crippen LogP contribution in [0.1, 0.15) is 23.6 Å². The molecule has 2 amide bonds. The summed E-state index contributed by atoms with van der Waals surface area (Å²) in [5, 5.41) is 5.27. The third-order valence-corrected chi connectivity index (χ3v) is 4.29. The maximum atomic E-state index is 12.6. The lowest BCUT2D eigenvalue weighted by molar-refractivity contribution is -0.137. The summed E-state index contributed by atoms with van der Waals surface area (Å²) in [6.07, 6.45) is -3.23. The average molecular weight is 444 g/mol. The van der Waals surface area contributed by atoms with Crippen LogP contribution in [0.5, 0.6) is 11.6 Å². The first-order chi connectivity index (χ1) is 15.1. The summed E-state index contributed by atoms with van der Waals surface area (Å²) in [7, 11) is 0. The monoisotopic (exact) mass is 444 g/mol. The molecule has 0 fully saturated rings. The van der Waals surface area contributed by atoms with Gasteiger partial charge in [-0.2, -0.15) is 13.2 Å². The molecule has 0 bridgehead atoms. The van der Waals surface area contributed by atoms with E-state index in [0.29, 0.717) is 28.4 Å². The number of benzene rings is 2. The number of hydrogen-bond donors (Lipinski definition) is 2. The summed E-state index contributed by atoms with van der Waals surface area (Å²) >= 11 is 0. The van der Waals surface area contributed by atoms with E-state index in [1.165, 1.54) is 31.5 Å². The van der Waals surface area contributed by atoms with Crippen molar-refractivity contribution in [3.8, 4) is 11.6 Å². The van der Waals surface area contributed by atoms with Crippen LogP contribution >= 0.6 is 0 Å². The predicted octanol–water partition coefficient (Wildman–Crippen LogP) is 4.74. The number of alkyl halides is 3. The second kappa shape index (κ2) is 9.46. The number of carbonyl (C=O) groups excluding carboxylic acids is 2. The number of nitrogens with one attached hydrogen (secondary N) is 2.